The number of nitrogens with zero attached hydrogens (tertiary/aromatic N) is 4. The van der Waals surface area contributed by atoms with Crippen LogP contribution in [0.2, 0.25) is 0 Å². The van der Waals surface area contributed by atoms with Crippen molar-refractivity contribution in [1.29, 1.82) is 0 Å². The van der Waals surface area contributed by atoms with Gasteiger partial charge in [0, 0.05) is 37.3 Å². The lowest BCUT2D eigenvalue weighted by Crippen LogP contribution is -2.44. The number of carbonyl (C=O) groups excluding carboxylic acids is 4. The van der Waals surface area contributed by atoms with Crippen molar-refractivity contribution >= 4 is 46.4 Å². The number of hydrogen-bond acceptors (Lipinski definition) is 14. The summed E-state index contributed by atoms with van der Waals surface area (Å²) < 4.78 is 67.9. The van der Waals surface area contributed by atoms with Crippen LogP contribution in [0.25, 0.3) is 11.2 Å². The molecule has 0 saturated heterocycles. The van der Waals surface area contributed by atoms with Crippen molar-refractivity contribution in [2.24, 2.45) is 0 Å². The Balaban J connectivity index is 1.58. The van der Waals surface area contributed by atoms with Crippen LogP contribution in [0, 0.1) is 0 Å². The molecule has 0 spiro atoms. The Kier molecular flexibility index (Phi) is 17.7. The summed E-state index contributed by atoms with van der Waals surface area (Å²) in [5, 5.41) is 2.54. The van der Waals surface area contributed by atoms with E-state index in [-0.39, 0.29) is 59.1 Å². The summed E-state index contributed by atoms with van der Waals surface area (Å²) in [4.78, 5) is 78.0. The Hall–Kier alpha value is -5.05. The highest BCUT2D eigenvalue weighted by atomic mass is 19.4. The van der Waals surface area contributed by atoms with E-state index in [9.17, 15) is 37.1 Å². The van der Waals surface area contributed by atoms with Crippen LogP contribution in [0.4, 0.5) is 24.8 Å². The maximum atomic E-state index is 13.7. The van der Waals surface area contributed by atoms with Crippen molar-refractivity contribution in [3.8, 4) is 0 Å². The van der Waals surface area contributed by atoms with Gasteiger partial charge in [-0.25, -0.2) is 14.8 Å². The maximum absolute atomic E-state index is 13.7. The first kappa shape index (κ1) is 45.3. The molecule has 1 atom stereocenters. The SMILES string of the molecule is CCOCCOCCOCCOCCCC(=O)CC[C@H](NC(=O)c1ccc(N(Cc2cnc3nc(N)[nH]c(=O)c3n2)C(=O)C(F)(F)F)cc1)C(=O)OC(C)(C)C. The second-order valence-electron chi connectivity index (χ2n) is 13.2. The van der Waals surface area contributed by atoms with Gasteiger partial charge >= 0.3 is 18.1 Å². The summed E-state index contributed by atoms with van der Waals surface area (Å²) >= 11 is 0. The quantitative estimate of drug-likeness (QED) is 0.0927. The van der Waals surface area contributed by atoms with Gasteiger partial charge in [0.05, 0.1) is 58.1 Å². The molecule has 0 aliphatic carbocycles. The van der Waals surface area contributed by atoms with Crippen LogP contribution in [0.5, 0.6) is 0 Å². The number of ketones is 1. The lowest BCUT2D eigenvalue weighted by Gasteiger charge is -2.25. The van der Waals surface area contributed by atoms with E-state index in [4.69, 9.17) is 29.4 Å². The molecule has 2 heterocycles. The van der Waals surface area contributed by atoms with E-state index < -0.39 is 47.7 Å². The highest BCUT2D eigenvalue weighted by Gasteiger charge is 2.43. The summed E-state index contributed by atoms with van der Waals surface area (Å²) in [6, 6.07) is 3.28. The van der Waals surface area contributed by atoms with E-state index in [1.165, 1.54) is 0 Å². The molecule has 3 aromatic rings. The summed E-state index contributed by atoms with van der Waals surface area (Å²) in [7, 11) is 0. The molecule has 56 heavy (non-hydrogen) atoms. The molecule has 2 aromatic heterocycles. The fraction of sp³-hybridized carbons (Fsp3) is 0.556. The molecule has 17 nitrogen and oxygen atoms in total. The first-order valence-corrected chi connectivity index (χ1v) is 17.8. The zero-order chi connectivity index (χ0) is 41.3. The topological polar surface area (TPSA) is 227 Å². The van der Waals surface area contributed by atoms with Gasteiger partial charge in [0.25, 0.3) is 11.5 Å². The predicted octanol–water partition coefficient (Wildman–Crippen LogP) is 3.05. The molecular weight excluding hydrogens is 747 g/mol. The molecule has 1 aromatic carbocycles. The number of halogens is 3. The number of nitrogen functional groups attached to an aromatic ring is 1. The number of alkyl halides is 3. The summed E-state index contributed by atoms with van der Waals surface area (Å²) in [6.07, 6.45) is -3.79. The Morgan fingerprint density at radius 1 is 0.893 bits per heavy atom. The predicted molar refractivity (Wildman–Crippen MR) is 196 cm³/mol. The minimum absolute atomic E-state index is 0.0585. The molecule has 0 unspecified atom stereocenters. The van der Waals surface area contributed by atoms with E-state index in [2.05, 4.69) is 25.3 Å². The van der Waals surface area contributed by atoms with Crippen LogP contribution in [-0.4, -0.2) is 114 Å². The Labute approximate surface area is 320 Å². The molecule has 0 saturated carbocycles. The molecule has 308 valence electrons. The first-order valence-electron chi connectivity index (χ1n) is 17.8. The summed E-state index contributed by atoms with van der Waals surface area (Å²) in [5.41, 5.74) is 2.84. The van der Waals surface area contributed by atoms with E-state index in [0.717, 1.165) is 30.5 Å². The molecule has 4 N–H and O–H groups in total. The number of anilines is 2. The van der Waals surface area contributed by atoms with E-state index in [1.807, 2.05) is 6.92 Å². The van der Waals surface area contributed by atoms with Crippen LogP contribution in [0.3, 0.4) is 0 Å². The summed E-state index contributed by atoms with van der Waals surface area (Å²) in [5.74, 6) is -4.23. The molecule has 0 fully saturated rings. The van der Waals surface area contributed by atoms with E-state index in [0.29, 0.717) is 64.2 Å². The smallest absolute Gasteiger partial charge is 0.458 e. The number of rotatable bonds is 23. The first-order chi connectivity index (χ1) is 26.5. The molecule has 0 aliphatic heterocycles. The van der Waals surface area contributed by atoms with Gasteiger partial charge in [-0.1, -0.05) is 0 Å². The average molecular weight is 796 g/mol. The van der Waals surface area contributed by atoms with Gasteiger partial charge in [0.2, 0.25) is 5.95 Å². The second-order valence-corrected chi connectivity index (χ2v) is 13.2. The van der Waals surface area contributed by atoms with Crippen LogP contribution in [-0.2, 0) is 44.6 Å². The Morgan fingerprint density at radius 2 is 1.50 bits per heavy atom. The highest BCUT2D eigenvalue weighted by molar-refractivity contribution is 5.99. The van der Waals surface area contributed by atoms with Crippen molar-refractivity contribution in [3.63, 3.8) is 0 Å². The van der Waals surface area contributed by atoms with Crippen molar-refractivity contribution in [2.45, 2.75) is 77.7 Å². The van der Waals surface area contributed by atoms with Crippen LogP contribution in [0.1, 0.15) is 69.4 Å². The Morgan fingerprint density at radius 3 is 2.09 bits per heavy atom. The number of hydrogen-bond donors (Lipinski definition) is 3. The third kappa shape index (κ3) is 15.6. The number of benzene rings is 1. The zero-order valence-corrected chi connectivity index (χ0v) is 31.7. The van der Waals surface area contributed by atoms with Gasteiger partial charge in [-0.15, -0.1) is 0 Å². The molecule has 20 heteroatoms. The number of carbonyl (C=O) groups is 4. The molecule has 0 bridgehead atoms. The number of nitrogens with one attached hydrogen (secondary N) is 2. The molecule has 0 aliphatic rings. The molecular formula is C36H48F3N7O10. The van der Waals surface area contributed by atoms with Crippen LogP contribution < -0.4 is 21.5 Å². The van der Waals surface area contributed by atoms with Crippen molar-refractivity contribution in [3.05, 3.63) is 52.1 Å². The molecule has 0 radical (unpaired) electrons. The summed E-state index contributed by atoms with van der Waals surface area (Å²) in [6.45, 7) is 9.61. The number of nitrogens with two attached hydrogens (primary N) is 1. The molecule has 3 rings (SSSR count). The molecule has 2 amide bonds. The van der Waals surface area contributed by atoms with Crippen molar-refractivity contribution in [1.82, 2.24) is 25.3 Å². The van der Waals surface area contributed by atoms with Gasteiger partial charge in [0.15, 0.2) is 11.2 Å². The van der Waals surface area contributed by atoms with Crippen molar-refractivity contribution in [2.75, 3.05) is 63.5 Å². The number of aromatic amines is 1. The lowest BCUT2D eigenvalue weighted by molar-refractivity contribution is -0.170. The third-order valence-electron chi connectivity index (χ3n) is 7.51. The largest absolute Gasteiger partial charge is 0.471 e. The fourth-order valence-corrected chi connectivity index (χ4v) is 4.90. The number of fused-ring (bicyclic) bond motifs is 1. The van der Waals surface area contributed by atoms with E-state index in [1.54, 1.807) is 20.8 Å². The average Bonchev–Trinajstić information content (AvgIpc) is 3.13. The zero-order valence-electron chi connectivity index (χ0n) is 31.7. The lowest BCUT2D eigenvalue weighted by atomic mass is 10.0. The van der Waals surface area contributed by atoms with Crippen LogP contribution >= 0.6 is 0 Å². The highest BCUT2D eigenvalue weighted by Crippen LogP contribution is 2.26. The number of amides is 2. The fourth-order valence-electron chi connectivity index (χ4n) is 4.90. The minimum atomic E-state index is -5.30. The van der Waals surface area contributed by atoms with Gasteiger partial charge in [0.1, 0.15) is 17.4 Å². The normalized spacial score (nSPS) is 12.3. The number of aromatic nitrogens is 4. The number of esters is 1. The van der Waals surface area contributed by atoms with E-state index >= 15 is 0 Å². The minimum Gasteiger partial charge on any atom is -0.458 e. The number of Topliss-reactive ketones (excluding diaryl/α,β-unsaturated/α-hetero) is 1. The van der Waals surface area contributed by atoms with Crippen molar-refractivity contribution < 1.29 is 56.0 Å². The van der Waals surface area contributed by atoms with Gasteiger partial charge in [-0.2, -0.15) is 18.2 Å². The second kappa shape index (κ2) is 21.9. The van der Waals surface area contributed by atoms with Gasteiger partial charge < -0.3 is 34.7 Å². The monoisotopic (exact) mass is 795 g/mol. The number of H-pyrrole nitrogens is 1. The van der Waals surface area contributed by atoms with Crippen LogP contribution in [0.15, 0.2) is 35.3 Å². The Bertz CT molecular complexity index is 1820. The maximum Gasteiger partial charge on any atom is 0.471 e. The van der Waals surface area contributed by atoms with Gasteiger partial charge in [-0.05, 0) is 64.8 Å². The standard InChI is InChI=1S/C36H48F3N7O10/c1-5-52-15-16-54-19-20-55-18-17-53-14-6-7-26(47)12-13-27(32(50)56-35(2,3)4)43-30(48)23-8-10-25(11-9-23)46(33(51)36(37,38)39)22-24-21-41-29-28(42-24)31(49)45-34(40)44-29/h8-11,21,27H,5-7,12-20,22H2,1-4H3,(H,43,48)(H3,40,41,44,45,49)/t27-/m0/s1. The van der Waals surface area contributed by atoms with Gasteiger partial charge in [-0.3, -0.25) is 29.1 Å². The number of ether oxygens (including phenoxy) is 5. The third-order valence-corrected chi connectivity index (χ3v) is 7.51.